The highest BCUT2D eigenvalue weighted by atomic mass is 19.3. The zero-order chi connectivity index (χ0) is 22.1. The van der Waals surface area contributed by atoms with Gasteiger partial charge in [-0.2, -0.15) is 8.78 Å². The summed E-state index contributed by atoms with van der Waals surface area (Å²) in [5.74, 6) is -0.0622. The Kier molecular flexibility index (Phi) is 7.95. The number of nitrogens with zero attached hydrogens (tertiary/aromatic N) is 1. The highest BCUT2D eigenvalue weighted by molar-refractivity contribution is 5.67. The van der Waals surface area contributed by atoms with Crippen molar-refractivity contribution in [2.45, 2.75) is 25.9 Å². The monoisotopic (exact) mass is 427 g/mol. The first kappa shape index (κ1) is 22.2. The molecule has 0 aliphatic rings. The Morgan fingerprint density at radius 2 is 1.55 bits per heavy atom. The summed E-state index contributed by atoms with van der Waals surface area (Å²) >= 11 is 0. The van der Waals surface area contributed by atoms with Crippen molar-refractivity contribution in [2.75, 3.05) is 6.54 Å². The van der Waals surface area contributed by atoms with Gasteiger partial charge in [0.2, 0.25) is 0 Å². The summed E-state index contributed by atoms with van der Waals surface area (Å²) in [6, 6.07) is 24.3. The second-order valence-corrected chi connectivity index (χ2v) is 6.87. The zero-order valence-corrected chi connectivity index (χ0v) is 16.7. The van der Waals surface area contributed by atoms with Crippen LogP contribution in [0.4, 0.5) is 13.6 Å². The van der Waals surface area contributed by atoms with E-state index in [0.717, 1.165) is 11.1 Å². The minimum Gasteiger partial charge on any atom is -0.445 e. The molecule has 0 spiro atoms. The van der Waals surface area contributed by atoms with Crippen molar-refractivity contribution in [1.82, 2.24) is 4.90 Å². The number of amides is 1. The minimum atomic E-state index is -2.96. The Balaban J connectivity index is 1.71. The summed E-state index contributed by atoms with van der Waals surface area (Å²) in [5, 5.41) is 10.7. The van der Waals surface area contributed by atoms with Gasteiger partial charge in [-0.05, 0) is 28.8 Å². The smallest absolute Gasteiger partial charge is 0.410 e. The molecule has 0 saturated heterocycles. The topological polar surface area (TPSA) is 59.0 Å². The van der Waals surface area contributed by atoms with Crippen LogP contribution in [-0.2, 0) is 17.9 Å². The lowest BCUT2D eigenvalue weighted by atomic mass is 10.1. The van der Waals surface area contributed by atoms with Crippen molar-refractivity contribution >= 4 is 6.09 Å². The van der Waals surface area contributed by atoms with Crippen LogP contribution in [0.1, 0.15) is 22.8 Å². The quantitative estimate of drug-likeness (QED) is 0.513. The van der Waals surface area contributed by atoms with E-state index in [1.807, 2.05) is 60.7 Å². The van der Waals surface area contributed by atoms with Gasteiger partial charge in [0.25, 0.3) is 0 Å². The number of hydrogen-bond acceptors (Lipinski definition) is 4. The second kappa shape index (κ2) is 11.1. The number of halogens is 2. The Hall–Kier alpha value is -3.45. The van der Waals surface area contributed by atoms with E-state index in [9.17, 15) is 18.7 Å². The SMILES string of the molecule is O=C(OCc1ccccc1)N(Cc1ccccc1)CC(O)c1cccc(OC(F)F)c1. The molecule has 3 aromatic rings. The van der Waals surface area contributed by atoms with Crippen LogP contribution in [0.5, 0.6) is 5.75 Å². The molecule has 0 radical (unpaired) electrons. The third kappa shape index (κ3) is 7.08. The van der Waals surface area contributed by atoms with Crippen LogP contribution in [0.25, 0.3) is 0 Å². The number of alkyl halides is 2. The lowest BCUT2D eigenvalue weighted by Crippen LogP contribution is -2.34. The lowest BCUT2D eigenvalue weighted by molar-refractivity contribution is -0.0500. The number of aliphatic hydroxyl groups excluding tert-OH is 1. The Labute approximate surface area is 179 Å². The summed E-state index contributed by atoms with van der Waals surface area (Å²) in [7, 11) is 0. The Morgan fingerprint density at radius 1 is 0.903 bits per heavy atom. The molecule has 3 rings (SSSR count). The number of carbonyl (C=O) groups excluding carboxylic acids is 1. The van der Waals surface area contributed by atoms with E-state index in [4.69, 9.17) is 4.74 Å². The standard InChI is InChI=1S/C24H23F2NO4/c25-23(26)31-21-13-7-12-20(14-21)22(28)16-27(15-18-8-3-1-4-9-18)24(29)30-17-19-10-5-2-6-11-19/h1-14,22-23,28H,15-17H2. The molecule has 1 unspecified atom stereocenters. The van der Waals surface area contributed by atoms with Gasteiger partial charge in [-0.3, -0.25) is 0 Å². The van der Waals surface area contributed by atoms with E-state index in [-0.39, 0.29) is 25.4 Å². The fourth-order valence-corrected chi connectivity index (χ4v) is 3.03. The van der Waals surface area contributed by atoms with Crippen LogP contribution in [0.3, 0.4) is 0 Å². The van der Waals surface area contributed by atoms with E-state index in [2.05, 4.69) is 4.74 Å². The normalized spacial score (nSPS) is 11.7. The Bertz CT molecular complexity index is 954. The van der Waals surface area contributed by atoms with Crippen molar-refractivity contribution in [2.24, 2.45) is 0 Å². The van der Waals surface area contributed by atoms with Crippen molar-refractivity contribution in [1.29, 1.82) is 0 Å². The summed E-state index contributed by atoms with van der Waals surface area (Å²) in [5.41, 5.74) is 2.06. The number of carbonyl (C=O) groups is 1. The first-order valence-electron chi connectivity index (χ1n) is 9.73. The minimum absolute atomic E-state index is 0.0622. The molecule has 0 aliphatic carbocycles. The molecule has 0 saturated carbocycles. The lowest BCUT2D eigenvalue weighted by Gasteiger charge is -2.25. The summed E-state index contributed by atoms with van der Waals surface area (Å²) < 4.78 is 34.8. The van der Waals surface area contributed by atoms with Gasteiger partial charge in [-0.15, -0.1) is 0 Å². The molecule has 1 amide bonds. The maximum absolute atomic E-state index is 12.8. The second-order valence-electron chi connectivity index (χ2n) is 6.87. The van der Waals surface area contributed by atoms with E-state index >= 15 is 0 Å². The fraction of sp³-hybridized carbons (Fsp3) is 0.208. The third-order valence-corrected chi connectivity index (χ3v) is 4.54. The van der Waals surface area contributed by atoms with Crippen LogP contribution in [-0.4, -0.2) is 29.3 Å². The van der Waals surface area contributed by atoms with Crippen molar-refractivity contribution < 1.29 is 28.2 Å². The molecule has 0 bridgehead atoms. The molecule has 162 valence electrons. The van der Waals surface area contributed by atoms with Gasteiger partial charge in [-0.1, -0.05) is 72.8 Å². The molecule has 0 fully saturated rings. The molecular weight excluding hydrogens is 404 g/mol. The third-order valence-electron chi connectivity index (χ3n) is 4.54. The number of benzene rings is 3. The Morgan fingerprint density at radius 3 is 2.19 bits per heavy atom. The van der Waals surface area contributed by atoms with Crippen LogP contribution >= 0.6 is 0 Å². The van der Waals surface area contributed by atoms with Gasteiger partial charge >= 0.3 is 12.7 Å². The average Bonchev–Trinajstić information content (AvgIpc) is 2.78. The molecule has 3 aromatic carbocycles. The first-order chi connectivity index (χ1) is 15.0. The predicted molar refractivity (Wildman–Crippen MR) is 112 cm³/mol. The molecular formula is C24H23F2NO4. The van der Waals surface area contributed by atoms with Crippen LogP contribution in [0.15, 0.2) is 84.9 Å². The predicted octanol–water partition coefficient (Wildman–Crippen LogP) is 5.16. The maximum atomic E-state index is 12.8. The van der Waals surface area contributed by atoms with E-state index in [0.29, 0.717) is 5.56 Å². The molecule has 31 heavy (non-hydrogen) atoms. The first-order valence-corrected chi connectivity index (χ1v) is 9.73. The summed E-state index contributed by atoms with van der Waals surface area (Å²) in [6.07, 6.45) is -1.71. The van der Waals surface area contributed by atoms with Crippen molar-refractivity contribution in [3.8, 4) is 5.75 Å². The molecule has 0 aliphatic heterocycles. The van der Waals surface area contributed by atoms with Crippen LogP contribution in [0, 0.1) is 0 Å². The number of ether oxygens (including phenoxy) is 2. The van der Waals surface area contributed by atoms with Crippen LogP contribution in [0.2, 0.25) is 0 Å². The van der Waals surface area contributed by atoms with Crippen molar-refractivity contribution in [3.05, 3.63) is 102 Å². The average molecular weight is 427 g/mol. The van der Waals surface area contributed by atoms with Gasteiger partial charge in [0.05, 0.1) is 12.6 Å². The van der Waals surface area contributed by atoms with Gasteiger partial charge < -0.3 is 19.5 Å². The molecule has 5 nitrogen and oxygen atoms in total. The van der Waals surface area contributed by atoms with Gasteiger partial charge in [-0.25, -0.2) is 4.79 Å². The summed E-state index contributed by atoms with van der Waals surface area (Å²) in [4.78, 5) is 14.1. The van der Waals surface area contributed by atoms with Crippen LogP contribution < -0.4 is 4.74 Å². The van der Waals surface area contributed by atoms with E-state index < -0.39 is 18.8 Å². The van der Waals surface area contributed by atoms with E-state index in [1.54, 1.807) is 6.07 Å². The highest BCUT2D eigenvalue weighted by Crippen LogP contribution is 2.22. The highest BCUT2D eigenvalue weighted by Gasteiger charge is 2.21. The number of rotatable bonds is 9. The molecule has 0 aromatic heterocycles. The van der Waals surface area contributed by atoms with Gasteiger partial charge in [0, 0.05) is 6.54 Å². The molecule has 0 heterocycles. The van der Waals surface area contributed by atoms with Crippen molar-refractivity contribution in [3.63, 3.8) is 0 Å². The largest absolute Gasteiger partial charge is 0.445 e. The number of aliphatic hydroxyl groups is 1. The summed E-state index contributed by atoms with van der Waals surface area (Å²) in [6.45, 7) is -2.73. The molecule has 1 atom stereocenters. The maximum Gasteiger partial charge on any atom is 0.410 e. The number of hydrogen-bond donors (Lipinski definition) is 1. The van der Waals surface area contributed by atoms with E-state index in [1.165, 1.54) is 23.1 Å². The molecule has 1 N–H and O–H groups in total. The van der Waals surface area contributed by atoms with Gasteiger partial charge in [0.1, 0.15) is 12.4 Å². The fourth-order valence-electron chi connectivity index (χ4n) is 3.03. The zero-order valence-electron chi connectivity index (χ0n) is 16.7. The van der Waals surface area contributed by atoms with Gasteiger partial charge in [0.15, 0.2) is 0 Å². The molecule has 7 heteroatoms.